The number of nitrogens with zero attached hydrogens (tertiary/aromatic N) is 3. The topological polar surface area (TPSA) is 134 Å². The number of hydrogen-bond donors (Lipinski definition) is 3. The van der Waals surface area contributed by atoms with E-state index in [0.29, 0.717) is 5.69 Å². The molecule has 0 spiro atoms. The van der Waals surface area contributed by atoms with Gasteiger partial charge in [0.05, 0.1) is 18.8 Å². The highest BCUT2D eigenvalue weighted by Crippen LogP contribution is 2.44. The molecule has 2 aromatic carbocycles. The third-order valence-electron chi connectivity index (χ3n) is 5.89. The normalized spacial score (nSPS) is 12.1. The highest BCUT2D eigenvalue weighted by atomic mass is 16.5. The van der Waals surface area contributed by atoms with Crippen LogP contribution in [-0.2, 0) is 23.1 Å². The molecule has 3 aromatic rings. The summed E-state index contributed by atoms with van der Waals surface area (Å²) in [6.45, 7) is -0.831. The number of aromatic nitrogens is 2. The first-order valence-electron chi connectivity index (χ1n) is 11.1. The number of hydrogen-bond acceptors (Lipinski definition) is 6. The van der Waals surface area contributed by atoms with Gasteiger partial charge in [-0.05, 0) is 28.3 Å². The number of carboxylic acid groups (broad SMARTS) is 1. The summed E-state index contributed by atoms with van der Waals surface area (Å²) >= 11 is 0. The second-order valence-electron chi connectivity index (χ2n) is 8.17. The van der Waals surface area contributed by atoms with Crippen molar-refractivity contribution in [3.63, 3.8) is 0 Å². The minimum Gasteiger partial charge on any atom is -0.480 e. The first kappa shape index (κ1) is 24.0. The number of carbonyl (C=O) groups excluding carboxylic acids is 2. The molecule has 2 amide bonds. The molecule has 182 valence electrons. The lowest BCUT2D eigenvalue weighted by Gasteiger charge is -2.19. The Balaban J connectivity index is 1.36. The van der Waals surface area contributed by atoms with Gasteiger partial charge in [-0.25, -0.2) is 4.79 Å². The monoisotopic (exact) mass is 478 g/mol. The maximum atomic E-state index is 12.7. The van der Waals surface area contributed by atoms with E-state index in [-0.39, 0.29) is 37.9 Å². The SMILES string of the molecule is Cn1nc(CNC(=O)OCC2c3ccccc3-c3ccccc32)cc1C(=O)N(CCO)CC(=O)O. The Labute approximate surface area is 201 Å². The van der Waals surface area contributed by atoms with Crippen LogP contribution in [-0.4, -0.2) is 69.2 Å². The highest BCUT2D eigenvalue weighted by molar-refractivity contribution is 5.94. The van der Waals surface area contributed by atoms with Gasteiger partial charge in [0.1, 0.15) is 18.8 Å². The summed E-state index contributed by atoms with van der Waals surface area (Å²) in [7, 11) is 1.54. The Hall–Kier alpha value is -4.18. The summed E-state index contributed by atoms with van der Waals surface area (Å²) < 4.78 is 6.82. The van der Waals surface area contributed by atoms with E-state index >= 15 is 0 Å². The predicted octanol–water partition coefficient (Wildman–Crippen LogP) is 1.98. The lowest BCUT2D eigenvalue weighted by molar-refractivity contribution is -0.137. The number of carbonyl (C=O) groups is 3. The average molecular weight is 479 g/mol. The van der Waals surface area contributed by atoms with Crippen molar-refractivity contribution in [1.29, 1.82) is 0 Å². The van der Waals surface area contributed by atoms with E-state index in [1.165, 1.54) is 10.7 Å². The van der Waals surface area contributed by atoms with Crippen LogP contribution in [0.5, 0.6) is 0 Å². The largest absolute Gasteiger partial charge is 0.480 e. The van der Waals surface area contributed by atoms with Crippen LogP contribution >= 0.6 is 0 Å². The van der Waals surface area contributed by atoms with Crippen molar-refractivity contribution in [3.05, 3.63) is 77.1 Å². The second-order valence-corrected chi connectivity index (χ2v) is 8.17. The fourth-order valence-electron chi connectivity index (χ4n) is 4.32. The zero-order chi connectivity index (χ0) is 24.9. The molecule has 0 bridgehead atoms. The second kappa shape index (κ2) is 10.4. The minimum absolute atomic E-state index is 0.0245. The molecule has 0 aliphatic heterocycles. The van der Waals surface area contributed by atoms with E-state index in [2.05, 4.69) is 22.5 Å². The van der Waals surface area contributed by atoms with Gasteiger partial charge in [0.25, 0.3) is 5.91 Å². The number of aliphatic carboxylic acids is 1. The number of rotatable bonds is 9. The number of alkyl carbamates (subject to hydrolysis) is 1. The van der Waals surface area contributed by atoms with Crippen LogP contribution in [0.15, 0.2) is 54.6 Å². The minimum atomic E-state index is -1.19. The lowest BCUT2D eigenvalue weighted by Crippen LogP contribution is -2.38. The first-order valence-corrected chi connectivity index (χ1v) is 11.1. The van der Waals surface area contributed by atoms with Crippen LogP contribution in [0.1, 0.15) is 33.2 Å². The standard InChI is InChI=1S/C25H26N4O6/c1-28-22(24(33)29(10-11-30)14-23(31)32)12-16(27-28)13-26-25(34)35-15-21-19-8-4-2-6-17(19)18-7-3-5-9-20(18)21/h2-9,12,21,30H,10-11,13-15H2,1H3,(H,26,34)(H,31,32). The van der Waals surface area contributed by atoms with Gasteiger partial charge >= 0.3 is 12.1 Å². The number of benzene rings is 2. The van der Waals surface area contributed by atoms with Crippen molar-refractivity contribution in [3.8, 4) is 11.1 Å². The number of carboxylic acids is 1. The maximum absolute atomic E-state index is 12.7. The number of aryl methyl sites for hydroxylation is 1. The Kier molecular flexibility index (Phi) is 7.11. The Morgan fingerprint density at radius 3 is 2.31 bits per heavy atom. The van der Waals surface area contributed by atoms with Crippen molar-refractivity contribution in [2.75, 3.05) is 26.3 Å². The van der Waals surface area contributed by atoms with Crippen molar-refractivity contribution in [2.24, 2.45) is 7.05 Å². The summed E-state index contributed by atoms with van der Waals surface area (Å²) in [5.41, 5.74) is 5.06. The van der Waals surface area contributed by atoms with Gasteiger partial charge < -0.3 is 25.2 Å². The Morgan fingerprint density at radius 2 is 1.71 bits per heavy atom. The molecule has 1 heterocycles. The third-order valence-corrected chi connectivity index (χ3v) is 5.89. The molecule has 10 heteroatoms. The van der Waals surface area contributed by atoms with E-state index in [4.69, 9.17) is 14.9 Å². The van der Waals surface area contributed by atoms with Crippen molar-refractivity contribution in [1.82, 2.24) is 20.0 Å². The number of nitrogens with one attached hydrogen (secondary N) is 1. The summed E-state index contributed by atoms with van der Waals surface area (Å²) in [5.74, 6) is -1.83. The molecule has 0 radical (unpaired) electrons. The zero-order valence-electron chi connectivity index (χ0n) is 19.2. The molecule has 0 unspecified atom stereocenters. The average Bonchev–Trinajstić information content (AvgIpc) is 3.38. The molecule has 0 saturated heterocycles. The van der Waals surface area contributed by atoms with Gasteiger partial charge in [-0.2, -0.15) is 5.10 Å². The lowest BCUT2D eigenvalue weighted by atomic mass is 9.98. The van der Waals surface area contributed by atoms with Gasteiger partial charge in [-0.3, -0.25) is 14.3 Å². The summed E-state index contributed by atoms with van der Waals surface area (Å²) in [5, 5.41) is 25.0. The van der Waals surface area contributed by atoms with E-state index in [0.717, 1.165) is 27.2 Å². The van der Waals surface area contributed by atoms with Crippen LogP contribution in [0.25, 0.3) is 11.1 Å². The van der Waals surface area contributed by atoms with E-state index in [1.54, 1.807) is 7.05 Å². The summed E-state index contributed by atoms with van der Waals surface area (Å²) in [4.78, 5) is 37.1. The summed E-state index contributed by atoms with van der Waals surface area (Å²) in [6, 6.07) is 17.6. The Bertz CT molecular complexity index is 1210. The van der Waals surface area contributed by atoms with Gasteiger partial charge in [-0.15, -0.1) is 0 Å². The first-order chi connectivity index (χ1) is 16.9. The molecule has 35 heavy (non-hydrogen) atoms. The molecule has 4 rings (SSSR count). The molecule has 0 atom stereocenters. The molecular formula is C25H26N4O6. The predicted molar refractivity (Wildman–Crippen MR) is 126 cm³/mol. The van der Waals surface area contributed by atoms with Crippen LogP contribution in [0.3, 0.4) is 0 Å². The molecule has 0 fully saturated rings. The van der Waals surface area contributed by atoms with E-state index in [9.17, 15) is 14.4 Å². The molecule has 1 aromatic heterocycles. The molecule has 3 N–H and O–H groups in total. The van der Waals surface area contributed by atoms with Crippen molar-refractivity contribution in [2.45, 2.75) is 12.5 Å². The van der Waals surface area contributed by atoms with E-state index in [1.807, 2.05) is 36.4 Å². The number of aliphatic hydroxyl groups excluding tert-OH is 1. The fraction of sp³-hybridized carbons (Fsp3) is 0.280. The molecule has 1 aliphatic carbocycles. The van der Waals surface area contributed by atoms with E-state index < -0.39 is 24.5 Å². The van der Waals surface area contributed by atoms with Crippen molar-refractivity contribution >= 4 is 18.0 Å². The number of fused-ring (bicyclic) bond motifs is 3. The Morgan fingerprint density at radius 1 is 1.09 bits per heavy atom. The van der Waals surface area contributed by atoms with Crippen molar-refractivity contribution < 1.29 is 29.3 Å². The van der Waals surface area contributed by atoms with Gasteiger partial charge in [0.2, 0.25) is 0 Å². The smallest absolute Gasteiger partial charge is 0.407 e. The highest BCUT2D eigenvalue weighted by Gasteiger charge is 2.29. The number of ether oxygens (including phenoxy) is 1. The number of amides is 2. The van der Waals surface area contributed by atoms with Crippen LogP contribution in [0.4, 0.5) is 4.79 Å². The van der Waals surface area contributed by atoms with Crippen LogP contribution < -0.4 is 5.32 Å². The van der Waals surface area contributed by atoms with Gasteiger partial charge in [-0.1, -0.05) is 48.5 Å². The van der Waals surface area contributed by atoms with Gasteiger partial charge in [0.15, 0.2) is 0 Å². The third kappa shape index (κ3) is 5.17. The zero-order valence-corrected chi connectivity index (χ0v) is 19.2. The summed E-state index contributed by atoms with van der Waals surface area (Å²) in [6.07, 6.45) is -0.613. The van der Waals surface area contributed by atoms with Crippen LogP contribution in [0, 0.1) is 0 Å². The molecular weight excluding hydrogens is 452 g/mol. The molecule has 10 nitrogen and oxygen atoms in total. The molecule has 0 saturated carbocycles. The van der Waals surface area contributed by atoms with Crippen LogP contribution in [0.2, 0.25) is 0 Å². The maximum Gasteiger partial charge on any atom is 0.407 e. The fourth-order valence-corrected chi connectivity index (χ4v) is 4.32. The number of aliphatic hydroxyl groups is 1. The quantitative estimate of drug-likeness (QED) is 0.428. The molecule has 1 aliphatic rings. The van der Waals surface area contributed by atoms with Gasteiger partial charge in [0, 0.05) is 19.5 Å².